The van der Waals surface area contributed by atoms with Crippen LogP contribution < -0.4 is 10.1 Å². The molecule has 0 bridgehead atoms. The smallest absolute Gasteiger partial charge is 0.253 e. The van der Waals surface area contributed by atoms with Gasteiger partial charge in [-0.15, -0.1) is 0 Å². The van der Waals surface area contributed by atoms with E-state index in [-0.39, 0.29) is 12.0 Å². The first-order valence-corrected chi connectivity index (χ1v) is 8.70. The summed E-state index contributed by atoms with van der Waals surface area (Å²) in [6.45, 7) is 5.26. The van der Waals surface area contributed by atoms with E-state index in [1.165, 1.54) is 6.42 Å². The number of ether oxygens (including phenoxy) is 1. The van der Waals surface area contributed by atoms with Crippen LogP contribution in [0.5, 0.6) is 5.75 Å². The summed E-state index contributed by atoms with van der Waals surface area (Å²) in [5.41, 5.74) is 1.46. The van der Waals surface area contributed by atoms with E-state index in [0.29, 0.717) is 22.9 Å². The van der Waals surface area contributed by atoms with Gasteiger partial charge in [-0.3, -0.25) is 4.79 Å². The molecule has 0 saturated heterocycles. The normalized spacial score (nSPS) is 13.7. The van der Waals surface area contributed by atoms with E-state index in [2.05, 4.69) is 14.9 Å². The first-order valence-electron chi connectivity index (χ1n) is 8.33. The molecule has 1 aromatic heterocycles. The molecule has 1 aliphatic rings. The fourth-order valence-corrected chi connectivity index (χ4v) is 3.17. The summed E-state index contributed by atoms with van der Waals surface area (Å²) >= 11 is 6.32. The third-order valence-electron chi connectivity index (χ3n) is 4.05. The number of carbonyl (C=O) groups excluding carboxylic acids is 1. The van der Waals surface area contributed by atoms with Gasteiger partial charge in [-0.25, -0.2) is 4.98 Å². The molecule has 0 aliphatic carbocycles. The molecule has 0 saturated carbocycles. The highest BCUT2D eigenvalue weighted by atomic mass is 35.5. The minimum Gasteiger partial charge on any atom is -0.489 e. The molecule has 3 rings (SSSR count). The second kappa shape index (κ2) is 7.26. The zero-order valence-electron chi connectivity index (χ0n) is 14.0. The third-order valence-corrected chi connectivity index (χ3v) is 4.44. The summed E-state index contributed by atoms with van der Waals surface area (Å²) in [7, 11) is 0. The van der Waals surface area contributed by atoms with Gasteiger partial charge in [-0.1, -0.05) is 17.7 Å². The second-order valence-electron chi connectivity index (χ2n) is 6.24. The number of benzene rings is 1. The van der Waals surface area contributed by atoms with Crippen LogP contribution >= 0.6 is 11.6 Å². The van der Waals surface area contributed by atoms with E-state index in [1.54, 1.807) is 18.2 Å². The van der Waals surface area contributed by atoms with Gasteiger partial charge in [-0.05, 0) is 38.8 Å². The van der Waals surface area contributed by atoms with Gasteiger partial charge in [0.2, 0.25) is 0 Å². The lowest BCUT2D eigenvalue weighted by Gasteiger charge is -2.17. The summed E-state index contributed by atoms with van der Waals surface area (Å²) in [5.74, 6) is 1.43. The van der Waals surface area contributed by atoms with E-state index in [4.69, 9.17) is 16.3 Å². The summed E-state index contributed by atoms with van der Waals surface area (Å²) in [4.78, 5) is 16.9. The Kier molecular flexibility index (Phi) is 5.09. The molecule has 1 amide bonds. The van der Waals surface area contributed by atoms with Gasteiger partial charge in [0.1, 0.15) is 11.6 Å². The van der Waals surface area contributed by atoms with Crippen LogP contribution in [0.2, 0.25) is 5.02 Å². The quantitative estimate of drug-likeness (QED) is 0.899. The number of nitrogens with one attached hydrogen (secondary N) is 1. The predicted molar refractivity (Wildman–Crippen MR) is 93.6 cm³/mol. The molecule has 6 heteroatoms. The second-order valence-corrected chi connectivity index (χ2v) is 6.62. The van der Waals surface area contributed by atoms with Crippen LogP contribution in [0, 0.1) is 0 Å². The summed E-state index contributed by atoms with van der Waals surface area (Å²) < 4.78 is 7.83. The Morgan fingerprint density at radius 1 is 1.42 bits per heavy atom. The minimum atomic E-state index is -0.208. The topological polar surface area (TPSA) is 56.1 Å². The molecule has 2 aromatic rings. The van der Waals surface area contributed by atoms with Crippen LogP contribution in [-0.2, 0) is 19.5 Å². The van der Waals surface area contributed by atoms with Gasteiger partial charge in [0.15, 0.2) is 0 Å². The van der Waals surface area contributed by atoms with Crippen LogP contribution in [0.3, 0.4) is 0 Å². The van der Waals surface area contributed by atoms with E-state index < -0.39 is 0 Å². The lowest BCUT2D eigenvalue weighted by molar-refractivity contribution is 0.0949. The number of amides is 1. The average molecular weight is 348 g/mol. The number of aromatic nitrogens is 2. The highest BCUT2D eigenvalue weighted by Gasteiger charge is 2.17. The Balaban J connectivity index is 1.70. The Morgan fingerprint density at radius 3 is 3.04 bits per heavy atom. The van der Waals surface area contributed by atoms with Crippen molar-refractivity contribution in [3.63, 3.8) is 0 Å². The van der Waals surface area contributed by atoms with Gasteiger partial charge in [-0.2, -0.15) is 0 Å². The molecule has 0 fully saturated rings. The van der Waals surface area contributed by atoms with E-state index in [1.807, 2.05) is 20.0 Å². The Bertz CT molecular complexity index is 740. The van der Waals surface area contributed by atoms with Gasteiger partial charge < -0.3 is 14.6 Å². The zero-order valence-corrected chi connectivity index (χ0v) is 14.8. The number of carbonyl (C=O) groups is 1. The van der Waals surface area contributed by atoms with Gasteiger partial charge in [0.05, 0.1) is 35.1 Å². The predicted octanol–water partition coefficient (Wildman–Crippen LogP) is 3.59. The lowest BCUT2D eigenvalue weighted by atomic mass is 10.1. The molecule has 0 spiro atoms. The van der Waals surface area contributed by atoms with Crippen molar-refractivity contribution in [2.75, 3.05) is 0 Å². The third kappa shape index (κ3) is 3.56. The van der Waals surface area contributed by atoms with Crippen LogP contribution in [0.25, 0.3) is 0 Å². The molecule has 24 heavy (non-hydrogen) atoms. The number of aryl methyl sites for hydroxylation is 1. The van der Waals surface area contributed by atoms with Crippen molar-refractivity contribution >= 4 is 17.5 Å². The van der Waals surface area contributed by atoms with Crippen LogP contribution in [0.15, 0.2) is 24.4 Å². The first kappa shape index (κ1) is 16.8. The molecule has 0 atom stereocenters. The molecular formula is C18H22ClN3O2. The fourth-order valence-electron chi connectivity index (χ4n) is 2.92. The highest BCUT2D eigenvalue weighted by Crippen LogP contribution is 2.29. The van der Waals surface area contributed by atoms with Crippen molar-refractivity contribution in [3.05, 3.63) is 46.5 Å². The lowest BCUT2D eigenvalue weighted by Crippen LogP contribution is -2.25. The number of hydrogen-bond donors (Lipinski definition) is 1. The molecule has 2 heterocycles. The van der Waals surface area contributed by atoms with Crippen molar-refractivity contribution < 1.29 is 9.53 Å². The number of rotatable bonds is 5. The van der Waals surface area contributed by atoms with Crippen molar-refractivity contribution in [3.8, 4) is 5.75 Å². The molecule has 0 radical (unpaired) electrons. The minimum absolute atomic E-state index is 0.000808. The molecule has 0 unspecified atom stereocenters. The van der Waals surface area contributed by atoms with Gasteiger partial charge in [0, 0.05) is 13.0 Å². The van der Waals surface area contributed by atoms with Crippen molar-refractivity contribution in [2.45, 2.75) is 52.3 Å². The maximum absolute atomic E-state index is 12.5. The van der Waals surface area contributed by atoms with Gasteiger partial charge >= 0.3 is 0 Å². The van der Waals surface area contributed by atoms with Crippen LogP contribution in [-0.4, -0.2) is 21.6 Å². The van der Waals surface area contributed by atoms with Crippen molar-refractivity contribution in [1.82, 2.24) is 14.9 Å². The van der Waals surface area contributed by atoms with E-state index >= 15 is 0 Å². The number of imidazole rings is 1. The summed E-state index contributed by atoms with van der Waals surface area (Å²) in [5, 5.41) is 3.28. The summed E-state index contributed by atoms with van der Waals surface area (Å²) in [6, 6.07) is 5.25. The maximum atomic E-state index is 12.5. The highest BCUT2D eigenvalue weighted by molar-refractivity contribution is 6.35. The zero-order chi connectivity index (χ0) is 17.1. The Hall–Kier alpha value is -2.01. The van der Waals surface area contributed by atoms with Crippen LogP contribution in [0.4, 0.5) is 0 Å². The number of halogens is 1. The SMILES string of the molecule is CC(C)Oc1cccc(C(=O)NCc2cnc3n2CCCC3)c1Cl. The van der Waals surface area contributed by atoms with Crippen molar-refractivity contribution in [1.29, 1.82) is 0 Å². The molecule has 1 N–H and O–H groups in total. The molecule has 1 aromatic carbocycles. The number of nitrogens with zero attached hydrogens (tertiary/aromatic N) is 2. The number of hydrogen-bond acceptors (Lipinski definition) is 3. The van der Waals surface area contributed by atoms with E-state index in [0.717, 1.165) is 30.9 Å². The van der Waals surface area contributed by atoms with Crippen LogP contribution in [0.1, 0.15) is 48.6 Å². The fraction of sp³-hybridized carbons (Fsp3) is 0.444. The van der Waals surface area contributed by atoms with E-state index in [9.17, 15) is 4.79 Å². The first-order chi connectivity index (χ1) is 11.6. The number of fused-ring (bicyclic) bond motifs is 1. The maximum Gasteiger partial charge on any atom is 0.253 e. The standard InChI is InChI=1S/C18H22ClN3O2/c1-12(2)24-15-7-5-6-14(17(15)19)18(23)21-11-13-10-20-16-8-3-4-9-22(13)16/h5-7,10,12H,3-4,8-9,11H2,1-2H3,(H,21,23). The largest absolute Gasteiger partial charge is 0.489 e. The molecule has 1 aliphatic heterocycles. The molecular weight excluding hydrogens is 326 g/mol. The average Bonchev–Trinajstić information content (AvgIpc) is 2.97. The molecule has 128 valence electrons. The Labute approximate surface area is 147 Å². The molecule has 5 nitrogen and oxygen atoms in total. The summed E-state index contributed by atoms with van der Waals surface area (Å²) in [6.07, 6.45) is 5.19. The van der Waals surface area contributed by atoms with Crippen molar-refractivity contribution in [2.24, 2.45) is 0 Å². The Morgan fingerprint density at radius 2 is 2.25 bits per heavy atom. The van der Waals surface area contributed by atoms with Gasteiger partial charge in [0.25, 0.3) is 5.91 Å². The monoisotopic (exact) mass is 347 g/mol.